The number of amides is 1. The van der Waals surface area contributed by atoms with Crippen LogP contribution >= 0.6 is 0 Å². The lowest BCUT2D eigenvalue weighted by Gasteiger charge is -2.10. The monoisotopic (exact) mass is 377 g/mol. The number of fused-ring (bicyclic) bond motifs is 1. The Hall–Kier alpha value is -2.78. The molecule has 9 heteroatoms. The molecule has 0 aliphatic heterocycles. The topological polar surface area (TPSA) is 90.3 Å². The van der Waals surface area contributed by atoms with E-state index in [0.717, 1.165) is 11.8 Å². The summed E-state index contributed by atoms with van der Waals surface area (Å²) in [5, 5.41) is 0.497. The van der Waals surface area contributed by atoms with Gasteiger partial charge in [-0.25, -0.2) is 23.3 Å². The van der Waals surface area contributed by atoms with Gasteiger partial charge in [-0.05, 0) is 29.8 Å². The summed E-state index contributed by atoms with van der Waals surface area (Å²) in [6.45, 7) is 0.251. The van der Waals surface area contributed by atoms with Crippen LogP contribution in [-0.4, -0.2) is 37.2 Å². The van der Waals surface area contributed by atoms with Gasteiger partial charge in [-0.2, -0.15) is 0 Å². The summed E-state index contributed by atoms with van der Waals surface area (Å²) in [7, 11) is -2.12. The number of halogens is 1. The van der Waals surface area contributed by atoms with Gasteiger partial charge in [0, 0.05) is 24.4 Å². The Labute approximate surface area is 149 Å². The van der Waals surface area contributed by atoms with Crippen LogP contribution in [0.4, 0.5) is 4.39 Å². The smallest absolute Gasteiger partial charge is 0.291 e. The van der Waals surface area contributed by atoms with Crippen LogP contribution in [0.25, 0.3) is 11.0 Å². The highest BCUT2D eigenvalue weighted by atomic mass is 32.2. The number of nitrogens with one attached hydrogen (secondary N) is 1. The van der Waals surface area contributed by atoms with E-state index < -0.39 is 15.7 Å². The number of benzene rings is 1. The van der Waals surface area contributed by atoms with E-state index in [-0.39, 0.29) is 23.0 Å². The molecule has 136 valence electrons. The number of sulfone groups is 1. The quantitative estimate of drug-likeness (QED) is 0.686. The summed E-state index contributed by atoms with van der Waals surface area (Å²) >= 11 is 0. The Bertz CT molecular complexity index is 1080. The highest BCUT2D eigenvalue weighted by Crippen LogP contribution is 2.23. The zero-order chi connectivity index (χ0) is 18.9. The fourth-order valence-corrected chi connectivity index (χ4v) is 3.18. The highest BCUT2D eigenvalue weighted by molar-refractivity contribution is 7.90. The molecule has 1 amide bonds. The predicted octanol–water partition coefficient (Wildman–Crippen LogP) is 1.92. The molecule has 0 radical (unpaired) electrons. The fraction of sp³-hybridized carbons (Fsp3) is 0.176. The normalized spacial score (nSPS) is 11.7. The number of aromatic nitrogens is 2. The maximum atomic E-state index is 13.1. The molecule has 2 aromatic heterocycles. The molecule has 3 aromatic rings. The molecular formula is C17H16FN3O4S. The molecule has 0 unspecified atom stereocenters. The maximum absolute atomic E-state index is 13.1. The minimum absolute atomic E-state index is 0.0580. The molecular weight excluding hydrogens is 361 g/mol. The number of nitrogens with zero attached hydrogens (tertiary/aromatic N) is 2. The molecule has 0 saturated heterocycles. The standard InChI is InChI=1S/C17H16FN3O4S/c1-25-20-17(22)15-8-12-7-14(26(2,23)24)9-19-16(12)21(15)10-11-3-5-13(18)6-4-11/h3-9H,10H2,1-2H3,(H,20,22). The van der Waals surface area contributed by atoms with E-state index in [2.05, 4.69) is 15.3 Å². The summed E-state index contributed by atoms with van der Waals surface area (Å²) in [6.07, 6.45) is 2.33. The van der Waals surface area contributed by atoms with E-state index in [1.807, 2.05) is 0 Å². The predicted molar refractivity (Wildman–Crippen MR) is 92.8 cm³/mol. The summed E-state index contributed by atoms with van der Waals surface area (Å²) in [6, 6.07) is 8.85. The van der Waals surface area contributed by atoms with Crippen LogP contribution in [0.3, 0.4) is 0 Å². The molecule has 7 nitrogen and oxygen atoms in total. The molecule has 1 N–H and O–H groups in total. The molecule has 26 heavy (non-hydrogen) atoms. The Morgan fingerprint density at radius 3 is 2.58 bits per heavy atom. The van der Waals surface area contributed by atoms with Gasteiger partial charge in [-0.15, -0.1) is 0 Å². The van der Waals surface area contributed by atoms with Crippen molar-refractivity contribution in [1.82, 2.24) is 15.0 Å². The van der Waals surface area contributed by atoms with Gasteiger partial charge in [0.15, 0.2) is 9.84 Å². The summed E-state index contributed by atoms with van der Waals surface area (Å²) < 4.78 is 38.2. The van der Waals surface area contributed by atoms with E-state index in [4.69, 9.17) is 0 Å². The minimum atomic E-state index is -3.43. The zero-order valence-corrected chi connectivity index (χ0v) is 14.9. The van der Waals surface area contributed by atoms with Gasteiger partial charge in [-0.3, -0.25) is 9.63 Å². The van der Waals surface area contributed by atoms with Gasteiger partial charge < -0.3 is 4.57 Å². The lowest BCUT2D eigenvalue weighted by Crippen LogP contribution is -2.25. The lowest BCUT2D eigenvalue weighted by molar-refractivity contribution is 0.0529. The molecule has 0 bridgehead atoms. The van der Waals surface area contributed by atoms with E-state index in [1.165, 1.54) is 37.6 Å². The average molecular weight is 377 g/mol. The van der Waals surface area contributed by atoms with Gasteiger partial charge >= 0.3 is 0 Å². The van der Waals surface area contributed by atoms with E-state index in [9.17, 15) is 17.6 Å². The van der Waals surface area contributed by atoms with Crippen molar-refractivity contribution in [3.8, 4) is 0 Å². The highest BCUT2D eigenvalue weighted by Gasteiger charge is 2.19. The lowest BCUT2D eigenvalue weighted by atomic mass is 10.2. The number of hydroxylamine groups is 1. The molecule has 0 aliphatic carbocycles. The van der Waals surface area contributed by atoms with Crippen molar-refractivity contribution in [2.24, 2.45) is 0 Å². The Kier molecular flexibility index (Phi) is 4.75. The zero-order valence-electron chi connectivity index (χ0n) is 14.1. The molecule has 0 saturated carbocycles. The number of rotatable bonds is 5. The van der Waals surface area contributed by atoms with Gasteiger partial charge in [-0.1, -0.05) is 12.1 Å². The van der Waals surface area contributed by atoms with E-state index >= 15 is 0 Å². The number of hydrogen-bond acceptors (Lipinski definition) is 5. The second kappa shape index (κ2) is 6.85. The van der Waals surface area contributed by atoms with Gasteiger partial charge in [0.25, 0.3) is 5.91 Å². The van der Waals surface area contributed by atoms with Crippen molar-refractivity contribution in [2.45, 2.75) is 11.4 Å². The average Bonchev–Trinajstić information content (AvgIpc) is 2.94. The van der Waals surface area contributed by atoms with E-state index in [0.29, 0.717) is 11.0 Å². The van der Waals surface area contributed by atoms with Gasteiger partial charge in [0.05, 0.1) is 12.0 Å². The van der Waals surface area contributed by atoms with Crippen molar-refractivity contribution < 1.29 is 22.4 Å². The van der Waals surface area contributed by atoms with Crippen LogP contribution in [0.1, 0.15) is 16.1 Å². The third-order valence-electron chi connectivity index (χ3n) is 3.82. The Morgan fingerprint density at radius 2 is 1.96 bits per heavy atom. The molecule has 0 fully saturated rings. The third kappa shape index (κ3) is 3.58. The summed E-state index contributed by atoms with van der Waals surface area (Å²) in [5.74, 6) is -0.868. The first-order valence-electron chi connectivity index (χ1n) is 7.56. The molecule has 2 heterocycles. The molecule has 0 atom stereocenters. The second-order valence-corrected chi connectivity index (χ2v) is 7.75. The number of pyridine rings is 1. The minimum Gasteiger partial charge on any atom is -0.317 e. The number of carbonyl (C=O) groups excluding carboxylic acids is 1. The van der Waals surface area contributed by atoms with Crippen LogP contribution in [0.15, 0.2) is 47.5 Å². The van der Waals surface area contributed by atoms with Crippen molar-refractivity contribution in [3.05, 3.63) is 59.7 Å². The summed E-state index contributed by atoms with van der Waals surface area (Å²) in [5.41, 5.74) is 3.66. The van der Waals surface area contributed by atoms with Gasteiger partial charge in [0.1, 0.15) is 17.2 Å². The second-order valence-electron chi connectivity index (χ2n) is 5.73. The molecule has 0 aliphatic rings. The van der Waals surface area contributed by atoms with E-state index in [1.54, 1.807) is 16.7 Å². The van der Waals surface area contributed by atoms with Crippen LogP contribution in [-0.2, 0) is 21.2 Å². The van der Waals surface area contributed by atoms with Crippen LogP contribution < -0.4 is 5.48 Å². The van der Waals surface area contributed by atoms with Crippen molar-refractivity contribution >= 4 is 26.8 Å². The number of carbonyl (C=O) groups is 1. The van der Waals surface area contributed by atoms with Crippen molar-refractivity contribution in [1.29, 1.82) is 0 Å². The van der Waals surface area contributed by atoms with Crippen LogP contribution in [0, 0.1) is 5.82 Å². The van der Waals surface area contributed by atoms with Crippen molar-refractivity contribution in [2.75, 3.05) is 13.4 Å². The number of hydrogen-bond donors (Lipinski definition) is 1. The first-order chi connectivity index (χ1) is 12.3. The first-order valence-corrected chi connectivity index (χ1v) is 9.46. The summed E-state index contributed by atoms with van der Waals surface area (Å²) in [4.78, 5) is 21.2. The molecule has 0 spiro atoms. The maximum Gasteiger partial charge on any atom is 0.291 e. The Morgan fingerprint density at radius 1 is 1.27 bits per heavy atom. The van der Waals surface area contributed by atoms with Crippen LogP contribution in [0.2, 0.25) is 0 Å². The van der Waals surface area contributed by atoms with Gasteiger partial charge in [0.2, 0.25) is 0 Å². The first kappa shape index (κ1) is 18.0. The van der Waals surface area contributed by atoms with Crippen molar-refractivity contribution in [3.63, 3.8) is 0 Å². The fourth-order valence-electron chi connectivity index (χ4n) is 2.59. The SMILES string of the molecule is CONC(=O)c1cc2cc(S(C)(=O)=O)cnc2n1Cc1ccc(F)cc1. The van der Waals surface area contributed by atoms with Crippen LogP contribution in [0.5, 0.6) is 0 Å². The Balaban J connectivity index is 2.15. The largest absolute Gasteiger partial charge is 0.317 e. The third-order valence-corrected chi connectivity index (χ3v) is 4.90. The molecule has 1 aromatic carbocycles. The molecule has 3 rings (SSSR count).